The third-order valence-electron chi connectivity index (χ3n) is 1.02. The van der Waals surface area contributed by atoms with E-state index in [0.29, 0.717) is 5.56 Å². The molecule has 1 N–H and O–H groups in total. The molecule has 0 aromatic heterocycles. The molecule has 0 atom stereocenters. The van der Waals surface area contributed by atoms with Crippen LogP contribution in [-0.4, -0.2) is 70.2 Å². The summed E-state index contributed by atoms with van der Waals surface area (Å²) in [6.45, 7) is 0. The Hall–Kier alpha value is 0.690. The van der Waals surface area contributed by atoms with E-state index >= 15 is 0 Å². The third-order valence-corrected chi connectivity index (χ3v) is 1.02. The van der Waals surface area contributed by atoms with Gasteiger partial charge in [-0.3, -0.25) is 0 Å². The van der Waals surface area contributed by atoms with Crippen molar-refractivity contribution < 1.29 is 9.90 Å². The molecule has 1 rings (SSSR count). The summed E-state index contributed by atoms with van der Waals surface area (Å²) in [4.78, 5) is 10.2. The number of benzene rings is 1. The first-order valence-corrected chi connectivity index (χ1v) is 2.59. The second-order valence-corrected chi connectivity index (χ2v) is 1.67. The van der Waals surface area contributed by atoms with Crippen molar-refractivity contribution in [3.05, 3.63) is 35.9 Å². The Morgan fingerprint density at radius 1 is 1.09 bits per heavy atom. The molecule has 0 spiro atoms. The summed E-state index contributed by atoms with van der Waals surface area (Å²) in [5.41, 5.74) is 0.331. The van der Waals surface area contributed by atoms with E-state index in [-0.39, 0.29) is 59.1 Å². The van der Waals surface area contributed by atoms with Gasteiger partial charge in [-0.15, -0.1) is 0 Å². The van der Waals surface area contributed by atoms with Crippen LogP contribution in [0.15, 0.2) is 30.3 Å². The van der Waals surface area contributed by atoms with Gasteiger partial charge in [-0.25, -0.2) is 4.79 Å². The Labute approximate surface area is 110 Å². The average Bonchev–Trinajstić information content (AvgIpc) is 1.90. The van der Waals surface area contributed by atoms with Gasteiger partial charge >= 0.3 is 65.1 Å². The molecule has 0 saturated heterocycles. The molecular formula is C7H8Na2O2. The maximum absolute atomic E-state index is 10.2. The number of carboxylic acid groups (broad SMARTS) is 1. The monoisotopic (exact) mass is 170 g/mol. The molecule has 11 heavy (non-hydrogen) atoms. The van der Waals surface area contributed by atoms with Crippen molar-refractivity contribution >= 4 is 65.1 Å². The van der Waals surface area contributed by atoms with Crippen molar-refractivity contribution in [1.82, 2.24) is 0 Å². The molecule has 0 aliphatic heterocycles. The molecule has 0 fully saturated rings. The van der Waals surface area contributed by atoms with Crippen molar-refractivity contribution in [2.45, 2.75) is 0 Å². The zero-order valence-corrected chi connectivity index (χ0v) is 4.74. The molecule has 0 unspecified atom stereocenters. The van der Waals surface area contributed by atoms with Crippen LogP contribution in [0.25, 0.3) is 0 Å². The van der Waals surface area contributed by atoms with Crippen LogP contribution in [0.4, 0.5) is 0 Å². The first-order chi connectivity index (χ1) is 4.30. The third kappa shape index (κ3) is 5.01. The first kappa shape index (κ1) is 14.2. The molecule has 0 radical (unpaired) electrons. The number of carbonyl (C=O) groups is 1. The predicted octanol–water partition coefficient (Wildman–Crippen LogP) is 0.0878. The molecule has 0 saturated carbocycles. The fourth-order valence-corrected chi connectivity index (χ4v) is 0.581. The topological polar surface area (TPSA) is 37.3 Å². The van der Waals surface area contributed by atoms with Crippen LogP contribution in [-0.2, 0) is 0 Å². The number of aromatic carboxylic acids is 1. The van der Waals surface area contributed by atoms with Crippen LogP contribution in [0.2, 0.25) is 0 Å². The average molecular weight is 170 g/mol. The molecule has 0 aliphatic rings. The Morgan fingerprint density at radius 3 is 1.82 bits per heavy atom. The van der Waals surface area contributed by atoms with Crippen LogP contribution in [0.1, 0.15) is 10.4 Å². The van der Waals surface area contributed by atoms with Crippen molar-refractivity contribution in [2.75, 3.05) is 0 Å². The minimum absolute atomic E-state index is 0. The fourth-order valence-electron chi connectivity index (χ4n) is 0.581. The summed E-state index contributed by atoms with van der Waals surface area (Å²) in [6, 6.07) is 8.30. The van der Waals surface area contributed by atoms with Gasteiger partial charge < -0.3 is 5.11 Å². The van der Waals surface area contributed by atoms with Crippen molar-refractivity contribution in [2.24, 2.45) is 0 Å². The second-order valence-electron chi connectivity index (χ2n) is 1.67. The molecule has 0 bridgehead atoms. The Morgan fingerprint density at radius 2 is 1.55 bits per heavy atom. The van der Waals surface area contributed by atoms with Crippen LogP contribution in [0, 0.1) is 0 Å². The van der Waals surface area contributed by atoms with Crippen LogP contribution in [0.3, 0.4) is 0 Å². The predicted molar refractivity (Wildman–Crippen MR) is 47.7 cm³/mol. The number of hydrogen-bond donors (Lipinski definition) is 1. The zero-order valence-electron chi connectivity index (χ0n) is 4.74. The van der Waals surface area contributed by atoms with Crippen molar-refractivity contribution in [1.29, 1.82) is 0 Å². The summed E-state index contributed by atoms with van der Waals surface area (Å²) in [6.07, 6.45) is 0. The van der Waals surface area contributed by atoms with E-state index < -0.39 is 5.97 Å². The summed E-state index contributed by atoms with van der Waals surface area (Å²) >= 11 is 0. The molecule has 1 aromatic rings. The molecular weight excluding hydrogens is 162 g/mol. The van der Waals surface area contributed by atoms with E-state index in [0.717, 1.165) is 0 Å². The molecule has 0 aliphatic carbocycles. The van der Waals surface area contributed by atoms with Crippen LogP contribution >= 0.6 is 0 Å². The summed E-state index contributed by atoms with van der Waals surface area (Å²) < 4.78 is 0. The fraction of sp³-hybridized carbons (Fsp3) is 0. The van der Waals surface area contributed by atoms with Gasteiger partial charge in [0, 0.05) is 0 Å². The normalized spacial score (nSPS) is 7.27. The maximum atomic E-state index is 10.2. The SMILES string of the molecule is O=C(O)c1ccccc1.[NaH].[NaH]. The van der Waals surface area contributed by atoms with Crippen LogP contribution < -0.4 is 0 Å². The molecule has 2 nitrogen and oxygen atoms in total. The minimum atomic E-state index is -0.879. The van der Waals surface area contributed by atoms with E-state index in [4.69, 9.17) is 5.11 Å². The van der Waals surface area contributed by atoms with Gasteiger partial charge in [-0.1, -0.05) is 18.2 Å². The number of carboxylic acids is 1. The summed E-state index contributed by atoms with van der Waals surface area (Å²) in [5.74, 6) is -0.879. The summed E-state index contributed by atoms with van der Waals surface area (Å²) in [7, 11) is 0. The van der Waals surface area contributed by atoms with E-state index in [2.05, 4.69) is 0 Å². The van der Waals surface area contributed by atoms with Gasteiger partial charge in [-0.2, -0.15) is 0 Å². The quantitative estimate of drug-likeness (QED) is 0.606. The van der Waals surface area contributed by atoms with E-state index in [1.807, 2.05) is 0 Å². The standard InChI is InChI=1S/C7H6O2.2Na.2H/c8-7(9)6-4-2-1-3-5-6;;;;/h1-5H,(H,8,9);;;;. The van der Waals surface area contributed by atoms with Crippen LogP contribution in [0.5, 0.6) is 0 Å². The molecule has 1 aromatic carbocycles. The molecule has 50 valence electrons. The van der Waals surface area contributed by atoms with E-state index in [9.17, 15) is 4.79 Å². The number of hydrogen-bond acceptors (Lipinski definition) is 1. The first-order valence-electron chi connectivity index (χ1n) is 2.59. The Bertz CT molecular complexity index is 211. The summed E-state index contributed by atoms with van der Waals surface area (Å²) in [5, 5.41) is 8.38. The molecule has 0 amide bonds. The van der Waals surface area contributed by atoms with Gasteiger partial charge in [0.15, 0.2) is 0 Å². The zero-order chi connectivity index (χ0) is 6.69. The van der Waals surface area contributed by atoms with Gasteiger partial charge in [0.25, 0.3) is 0 Å². The second kappa shape index (κ2) is 7.35. The van der Waals surface area contributed by atoms with Gasteiger partial charge in [0.05, 0.1) is 5.56 Å². The van der Waals surface area contributed by atoms with Crippen molar-refractivity contribution in [3.63, 3.8) is 0 Å². The van der Waals surface area contributed by atoms with Gasteiger partial charge in [0.2, 0.25) is 0 Å². The van der Waals surface area contributed by atoms with E-state index in [1.54, 1.807) is 30.3 Å². The number of rotatable bonds is 1. The Balaban J connectivity index is 0. The Kier molecular flexibility index (Phi) is 9.50. The van der Waals surface area contributed by atoms with E-state index in [1.165, 1.54) is 0 Å². The van der Waals surface area contributed by atoms with Crippen molar-refractivity contribution in [3.8, 4) is 0 Å². The molecule has 0 heterocycles. The van der Waals surface area contributed by atoms with Gasteiger partial charge in [0.1, 0.15) is 0 Å². The van der Waals surface area contributed by atoms with Gasteiger partial charge in [-0.05, 0) is 12.1 Å². The molecule has 4 heteroatoms.